The number of hydrogen-bond acceptors (Lipinski definition) is 8. The maximum atomic E-state index is 13.1. The Morgan fingerprint density at radius 1 is 0.941 bits per heavy atom. The molecule has 0 unspecified atom stereocenters. The number of phenols is 1. The maximum absolute atomic E-state index is 13.1. The summed E-state index contributed by atoms with van der Waals surface area (Å²) in [7, 11) is 1.41. The van der Waals surface area contributed by atoms with Crippen molar-refractivity contribution in [3.63, 3.8) is 0 Å². The van der Waals surface area contributed by atoms with Crippen molar-refractivity contribution in [1.82, 2.24) is 0 Å². The lowest BCUT2D eigenvalue weighted by molar-refractivity contribution is -0.119. The monoisotopic (exact) mass is 470 g/mol. The van der Waals surface area contributed by atoms with Crippen molar-refractivity contribution in [3.05, 3.63) is 40.5 Å². The van der Waals surface area contributed by atoms with Crippen molar-refractivity contribution in [1.29, 1.82) is 0 Å². The summed E-state index contributed by atoms with van der Waals surface area (Å²) < 4.78 is 16.7. The van der Waals surface area contributed by atoms with Gasteiger partial charge in [-0.05, 0) is 24.5 Å². The number of ketones is 2. The van der Waals surface area contributed by atoms with Crippen LogP contribution in [0, 0.1) is 0 Å². The molecule has 0 bridgehead atoms. The van der Waals surface area contributed by atoms with Crippen LogP contribution in [0.25, 0.3) is 0 Å². The number of benzene rings is 2. The van der Waals surface area contributed by atoms with Crippen LogP contribution < -0.4 is 14.2 Å². The van der Waals surface area contributed by atoms with Gasteiger partial charge in [-0.15, -0.1) is 0 Å². The number of hydrogen-bond donors (Lipinski definition) is 2. The summed E-state index contributed by atoms with van der Waals surface area (Å²) in [4.78, 5) is 49.7. The van der Waals surface area contributed by atoms with E-state index in [-0.39, 0.29) is 59.2 Å². The fourth-order valence-electron chi connectivity index (χ4n) is 3.89. The van der Waals surface area contributed by atoms with Crippen LogP contribution in [0.2, 0.25) is 0 Å². The van der Waals surface area contributed by atoms with E-state index in [1.165, 1.54) is 13.2 Å². The minimum absolute atomic E-state index is 0.00591. The normalized spacial score (nSPS) is 12.0. The fourth-order valence-corrected chi connectivity index (χ4v) is 3.89. The Morgan fingerprint density at radius 3 is 2.18 bits per heavy atom. The minimum Gasteiger partial charge on any atom is -0.507 e. The molecule has 34 heavy (non-hydrogen) atoms. The molecule has 2 aromatic rings. The molecule has 0 aliphatic carbocycles. The summed E-state index contributed by atoms with van der Waals surface area (Å²) in [6.07, 6.45) is 1.30. The van der Waals surface area contributed by atoms with Crippen molar-refractivity contribution >= 4 is 23.5 Å². The molecule has 0 saturated carbocycles. The van der Waals surface area contributed by atoms with Crippen molar-refractivity contribution in [2.75, 3.05) is 7.11 Å². The van der Waals surface area contributed by atoms with Crippen LogP contribution >= 0.6 is 0 Å². The third-order valence-corrected chi connectivity index (χ3v) is 5.37. The highest BCUT2D eigenvalue weighted by Gasteiger charge is 2.33. The van der Waals surface area contributed by atoms with Crippen LogP contribution in [0.3, 0.4) is 0 Å². The molecule has 0 fully saturated rings. The molecular weight excluding hydrogens is 444 g/mol. The van der Waals surface area contributed by atoms with E-state index < -0.39 is 23.3 Å². The molecule has 1 heterocycles. The topological polar surface area (TPSA) is 136 Å². The van der Waals surface area contributed by atoms with Crippen LogP contribution in [0.1, 0.15) is 71.4 Å². The van der Waals surface area contributed by atoms with E-state index in [0.717, 1.165) is 6.07 Å². The van der Waals surface area contributed by atoms with Gasteiger partial charge in [-0.2, -0.15) is 0 Å². The highest BCUT2D eigenvalue weighted by molar-refractivity contribution is 6.01. The van der Waals surface area contributed by atoms with E-state index in [4.69, 9.17) is 14.2 Å². The van der Waals surface area contributed by atoms with Gasteiger partial charge in [0.1, 0.15) is 39.9 Å². The summed E-state index contributed by atoms with van der Waals surface area (Å²) in [6, 6.07) is 3.93. The molecule has 0 radical (unpaired) electrons. The number of carbonyl (C=O) groups is 4. The molecule has 0 spiro atoms. The van der Waals surface area contributed by atoms with Gasteiger partial charge < -0.3 is 24.4 Å². The van der Waals surface area contributed by atoms with Crippen LogP contribution in [0.15, 0.2) is 18.2 Å². The second kappa shape index (κ2) is 10.4. The summed E-state index contributed by atoms with van der Waals surface area (Å²) in [5.41, 5.74) is -0.294. The van der Waals surface area contributed by atoms with Gasteiger partial charge in [-0.1, -0.05) is 13.8 Å². The van der Waals surface area contributed by atoms with Crippen LogP contribution in [0.4, 0.5) is 0 Å². The van der Waals surface area contributed by atoms with E-state index in [1.54, 1.807) is 13.0 Å². The van der Waals surface area contributed by atoms with E-state index in [0.29, 0.717) is 30.6 Å². The Hall–Kier alpha value is -3.88. The van der Waals surface area contributed by atoms with Gasteiger partial charge in [-0.25, -0.2) is 9.59 Å². The fraction of sp³-hybridized carbons (Fsp3) is 0.360. The molecule has 180 valence electrons. The van der Waals surface area contributed by atoms with E-state index in [2.05, 4.69) is 0 Å². The second-order valence-corrected chi connectivity index (χ2v) is 7.96. The Labute approximate surface area is 196 Å². The van der Waals surface area contributed by atoms with E-state index in [1.807, 2.05) is 6.92 Å². The molecule has 1 aliphatic heterocycles. The molecule has 1 aliphatic rings. The molecule has 0 atom stereocenters. The highest BCUT2D eigenvalue weighted by Crippen LogP contribution is 2.46. The van der Waals surface area contributed by atoms with Crippen molar-refractivity contribution in [3.8, 4) is 28.7 Å². The zero-order valence-electron chi connectivity index (χ0n) is 19.2. The predicted molar refractivity (Wildman–Crippen MR) is 120 cm³/mol. The summed E-state index contributed by atoms with van der Waals surface area (Å²) in [5.74, 6) is -3.41. The summed E-state index contributed by atoms with van der Waals surface area (Å²) >= 11 is 0. The highest BCUT2D eigenvalue weighted by atomic mass is 16.6. The third kappa shape index (κ3) is 5.03. The predicted octanol–water partition coefficient (Wildman–Crippen LogP) is 4.25. The average Bonchev–Trinajstić information content (AvgIpc) is 2.89. The van der Waals surface area contributed by atoms with Gasteiger partial charge in [0, 0.05) is 43.4 Å². The van der Waals surface area contributed by atoms with Crippen LogP contribution in [-0.4, -0.2) is 40.8 Å². The molecule has 2 aromatic carbocycles. The number of fused-ring (bicyclic) bond motifs is 2. The molecule has 9 nitrogen and oxygen atoms in total. The third-order valence-electron chi connectivity index (χ3n) is 5.37. The average molecular weight is 470 g/mol. The summed E-state index contributed by atoms with van der Waals surface area (Å²) in [6.45, 7) is 3.67. The largest absolute Gasteiger partial charge is 0.507 e. The Kier molecular flexibility index (Phi) is 7.55. The first-order valence-corrected chi connectivity index (χ1v) is 11.0. The number of aromatic carboxylic acids is 1. The maximum Gasteiger partial charge on any atom is 0.347 e. The standard InChI is InChI=1S/C25H26O9/c1-4-6-14(26)8-13-9-16(32-3)11-19-21(13)25(31)34-20-12-18(28)22(24(29)30)17(23(20)33-19)10-15(27)7-5-2/h9,11-12,28H,4-8,10H2,1-3H3,(H,29,30). The number of ether oxygens (including phenoxy) is 3. The SMILES string of the molecule is CCCC(=O)Cc1cc(OC)cc2c1C(=O)Oc1cc(O)c(C(=O)O)c(CC(=O)CCC)c1O2. The van der Waals surface area contributed by atoms with Gasteiger partial charge in [-0.3, -0.25) is 9.59 Å². The van der Waals surface area contributed by atoms with Crippen molar-refractivity contribution in [2.45, 2.75) is 52.4 Å². The lowest BCUT2D eigenvalue weighted by Gasteiger charge is -2.16. The number of Topliss-reactive ketones (excluding diaryl/α,β-unsaturated/α-hetero) is 2. The van der Waals surface area contributed by atoms with Gasteiger partial charge in [0.05, 0.1) is 7.11 Å². The molecule has 2 N–H and O–H groups in total. The second-order valence-electron chi connectivity index (χ2n) is 7.96. The Balaban J connectivity index is 2.22. The first-order chi connectivity index (χ1) is 16.2. The van der Waals surface area contributed by atoms with E-state index >= 15 is 0 Å². The lowest BCUT2D eigenvalue weighted by Crippen LogP contribution is -2.14. The first-order valence-electron chi connectivity index (χ1n) is 11.0. The zero-order chi connectivity index (χ0) is 25.0. The zero-order valence-corrected chi connectivity index (χ0v) is 19.2. The molecule has 0 aromatic heterocycles. The van der Waals surface area contributed by atoms with Gasteiger partial charge in [0.2, 0.25) is 0 Å². The quantitative estimate of drug-likeness (QED) is 0.386. The molecule has 3 rings (SSSR count). The van der Waals surface area contributed by atoms with Crippen molar-refractivity contribution < 1.29 is 43.6 Å². The van der Waals surface area contributed by atoms with Gasteiger partial charge in [0.25, 0.3) is 0 Å². The first kappa shape index (κ1) is 24.8. The number of carboxylic acids is 1. The lowest BCUT2D eigenvalue weighted by atomic mass is 9.97. The van der Waals surface area contributed by atoms with Gasteiger partial charge in [0.15, 0.2) is 11.5 Å². The van der Waals surface area contributed by atoms with Gasteiger partial charge >= 0.3 is 11.9 Å². The van der Waals surface area contributed by atoms with Crippen LogP contribution in [-0.2, 0) is 22.4 Å². The van der Waals surface area contributed by atoms with E-state index in [9.17, 15) is 29.4 Å². The summed E-state index contributed by atoms with van der Waals surface area (Å²) in [5, 5.41) is 20.1. The Morgan fingerprint density at radius 2 is 1.59 bits per heavy atom. The molecule has 0 saturated heterocycles. The van der Waals surface area contributed by atoms with Crippen molar-refractivity contribution in [2.24, 2.45) is 0 Å². The molecule has 0 amide bonds. The number of aromatic hydroxyl groups is 1. The number of carboxylic acid groups (broad SMARTS) is 1. The minimum atomic E-state index is -1.46. The smallest absolute Gasteiger partial charge is 0.347 e. The molecule has 9 heteroatoms. The Bertz CT molecular complexity index is 1160. The number of rotatable bonds is 10. The number of carbonyl (C=O) groups excluding carboxylic acids is 3. The van der Waals surface area contributed by atoms with Crippen LogP contribution in [0.5, 0.6) is 28.7 Å². The number of esters is 1. The number of methoxy groups -OCH3 is 1. The molecular formula is C25H26O9.